The van der Waals surface area contributed by atoms with Crippen molar-refractivity contribution in [1.82, 2.24) is 4.90 Å². The van der Waals surface area contributed by atoms with Gasteiger partial charge < -0.3 is 19.6 Å². The summed E-state index contributed by atoms with van der Waals surface area (Å²) in [4.78, 5) is 29.8. The highest BCUT2D eigenvalue weighted by Crippen LogP contribution is 2.41. The number of aliphatic hydroxyl groups excluding tert-OH is 1. The first-order valence-corrected chi connectivity index (χ1v) is 11.1. The number of benzene rings is 3. The summed E-state index contributed by atoms with van der Waals surface area (Å²) in [6.07, 6.45) is 0. The Hall–Kier alpha value is -3.77. The van der Waals surface area contributed by atoms with Crippen molar-refractivity contribution in [1.29, 1.82) is 0 Å². The molecule has 1 atom stereocenters. The van der Waals surface area contributed by atoms with Gasteiger partial charge in [0.15, 0.2) is 0 Å². The normalized spacial score (nSPS) is 17.2. The second-order valence-corrected chi connectivity index (χ2v) is 8.71. The Labute approximate surface area is 203 Å². The predicted molar refractivity (Wildman–Crippen MR) is 133 cm³/mol. The molecule has 3 aromatic carbocycles. The minimum atomic E-state index is -0.753. The molecule has 7 heteroatoms. The maximum Gasteiger partial charge on any atom is 0.295 e. The topological polar surface area (TPSA) is 70.1 Å². The van der Waals surface area contributed by atoms with Crippen molar-refractivity contribution in [2.45, 2.75) is 12.6 Å². The van der Waals surface area contributed by atoms with Crippen LogP contribution in [0.4, 0.5) is 5.69 Å². The van der Waals surface area contributed by atoms with Crippen LogP contribution in [0.25, 0.3) is 5.76 Å². The second kappa shape index (κ2) is 9.61. The van der Waals surface area contributed by atoms with Crippen molar-refractivity contribution in [3.8, 4) is 5.75 Å². The van der Waals surface area contributed by atoms with Crippen molar-refractivity contribution >= 4 is 34.7 Å². The summed E-state index contributed by atoms with van der Waals surface area (Å²) in [5.41, 5.74) is 2.95. The molecular formula is C27H25ClN2O4. The summed E-state index contributed by atoms with van der Waals surface area (Å²) >= 11 is 6.11. The van der Waals surface area contributed by atoms with Crippen LogP contribution in [0.5, 0.6) is 5.75 Å². The van der Waals surface area contributed by atoms with Crippen molar-refractivity contribution in [3.63, 3.8) is 0 Å². The molecule has 1 aliphatic heterocycles. The number of hydrogen-bond donors (Lipinski definition) is 1. The van der Waals surface area contributed by atoms with E-state index in [4.69, 9.17) is 16.3 Å². The van der Waals surface area contributed by atoms with E-state index in [1.165, 1.54) is 4.90 Å². The predicted octanol–water partition coefficient (Wildman–Crippen LogP) is 5.04. The summed E-state index contributed by atoms with van der Waals surface area (Å²) in [6, 6.07) is 20.7. The molecule has 0 aliphatic carbocycles. The van der Waals surface area contributed by atoms with Crippen LogP contribution in [0.15, 0.2) is 78.4 Å². The molecule has 1 saturated heterocycles. The number of carbonyl (C=O) groups excluding carboxylic acids is 2. The van der Waals surface area contributed by atoms with E-state index in [-0.39, 0.29) is 17.9 Å². The fraction of sp³-hybridized carbons (Fsp3) is 0.185. The number of methoxy groups -OCH3 is 1. The lowest BCUT2D eigenvalue weighted by molar-refractivity contribution is -0.140. The molecule has 0 spiro atoms. The van der Waals surface area contributed by atoms with Gasteiger partial charge in [-0.15, -0.1) is 0 Å². The van der Waals surface area contributed by atoms with E-state index in [9.17, 15) is 14.7 Å². The van der Waals surface area contributed by atoms with Crippen LogP contribution in [0.1, 0.15) is 22.7 Å². The number of rotatable bonds is 6. The molecular weight excluding hydrogens is 452 g/mol. The number of aliphatic hydroxyl groups is 1. The SMILES string of the molecule is COc1ccc(CN2C(=O)C(=O)/C(=C(\O)c3cccc(Cl)c3)C2c2ccc(N(C)C)cc2)cc1. The smallest absolute Gasteiger partial charge is 0.295 e. The van der Waals surface area contributed by atoms with Crippen LogP contribution >= 0.6 is 11.6 Å². The van der Waals surface area contributed by atoms with Crippen LogP contribution in [-0.4, -0.2) is 42.9 Å². The first-order chi connectivity index (χ1) is 16.3. The van der Waals surface area contributed by atoms with Crippen LogP contribution in [0, 0.1) is 0 Å². The van der Waals surface area contributed by atoms with Crippen LogP contribution in [-0.2, 0) is 16.1 Å². The van der Waals surface area contributed by atoms with Crippen molar-refractivity contribution in [2.24, 2.45) is 0 Å². The molecule has 0 saturated carbocycles. The Morgan fingerprint density at radius 1 is 1.03 bits per heavy atom. The van der Waals surface area contributed by atoms with Crippen LogP contribution in [0.3, 0.4) is 0 Å². The van der Waals surface area contributed by atoms with Crippen molar-refractivity contribution in [2.75, 3.05) is 26.1 Å². The summed E-state index contributed by atoms with van der Waals surface area (Å²) in [7, 11) is 5.45. The van der Waals surface area contributed by atoms with Crippen LogP contribution < -0.4 is 9.64 Å². The Kier molecular flexibility index (Phi) is 6.61. The minimum absolute atomic E-state index is 0.0402. The van der Waals surface area contributed by atoms with Gasteiger partial charge >= 0.3 is 0 Å². The van der Waals surface area contributed by atoms with E-state index < -0.39 is 17.7 Å². The van der Waals surface area contributed by atoms with Gasteiger partial charge in [-0.2, -0.15) is 0 Å². The molecule has 174 valence electrons. The zero-order chi connectivity index (χ0) is 24.4. The van der Waals surface area contributed by atoms with Crippen LogP contribution in [0.2, 0.25) is 5.02 Å². The average Bonchev–Trinajstić information content (AvgIpc) is 3.09. The van der Waals surface area contributed by atoms with Gasteiger partial charge in [-0.25, -0.2) is 0 Å². The number of amides is 1. The van der Waals surface area contributed by atoms with Gasteiger partial charge in [0.25, 0.3) is 11.7 Å². The molecule has 1 fully saturated rings. The van der Waals surface area contributed by atoms with E-state index in [1.807, 2.05) is 55.4 Å². The molecule has 0 aromatic heterocycles. The third kappa shape index (κ3) is 4.50. The second-order valence-electron chi connectivity index (χ2n) is 8.27. The number of hydrogen-bond acceptors (Lipinski definition) is 5. The van der Waals surface area contributed by atoms with E-state index in [0.29, 0.717) is 16.3 Å². The van der Waals surface area contributed by atoms with Gasteiger partial charge in [0.2, 0.25) is 0 Å². The summed E-state index contributed by atoms with van der Waals surface area (Å²) in [5, 5.41) is 11.6. The lowest BCUT2D eigenvalue weighted by atomic mass is 9.95. The Bertz CT molecular complexity index is 1250. The zero-order valence-electron chi connectivity index (χ0n) is 19.2. The molecule has 1 N–H and O–H groups in total. The number of nitrogens with zero attached hydrogens (tertiary/aromatic N) is 2. The first kappa shape index (κ1) is 23.4. The number of ether oxygens (including phenoxy) is 1. The summed E-state index contributed by atoms with van der Waals surface area (Å²) < 4.78 is 5.22. The fourth-order valence-corrected chi connectivity index (χ4v) is 4.25. The first-order valence-electron chi connectivity index (χ1n) is 10.7. The molecule has 4 rings (SSSR count). The highest BCUT2D eigenvalue weighted by molar-refractivity contribution is 6.46. The average molecular weight is 477 g/mol. The number of halogens is 1. The number of anilines is 1. The number of carbonyl (C=O) groups is 2. The van der Waals surface area contributed by atoms with E-state index >= 15 is 0 Å². The summed E-state index contributed by atoms with van der Waals surface area (Å²) in [5.74, 6) is -0.948. The third-order valence-corrected chi connectivity index (χ3v) is 6.11. The Morgan fingerprint density at radius 2 is 1.71 bits per heavy atom. The number of ketones is 1. The summed E-state index contributed by atoms with van der Waals surface area (Å²) in [6.45, 7) is 0.195. The van der Waals surface area contributed by atoms with E-state index in [0.717, 1.165) is 16.8 Å². The molecule has 0 bridgehead atoms. The van der Waals surface area contributed by atoms with Gasteiger partial charge in [-0.1, -0.05) is 48.0 Å². The Balaban J connectivity index is 1.83. The number of Topliss-reactive ketones (excluding diaryl/α,β-unsaturated/α-hetero) is 1. The highest BCUT2D eigenvalue weighted by atomic mass is 35.5. The molecule has 0 radical (unpaired) electrons. The van der Waals surface area contributed by atoms with Gasteiger partial charge in [0.05, 0.1) is 18.7 Å². The molecule has 6 nitrogen and oxygen atoms in total. The molecule has 1 aliphatic rings. The largest absolute Gasteiger partial charge is 0.507 e. The molecule has 1 amide bonds. The Morgan fingerprint density at radius 3 is 2.29 bits per heavy atom. The van der Waals surface area contributed by atoms with Crippen molar-refractivity contribution < 1.29 is 19.4 Å². The lowest BCUT2D eigenvalue weighted by Crippen LogP contribution is -2.29. The standard InChI is InChI=1S/C27H25ClN2O4/c1-29(2)21-11-9-18(10-12-21)24-23(25(31)19-5-4-6-20(28)15-19)26(32)27(33)30(24)16-17-7-13-22(34-3)14-8-17/h4-15,24,31H,16H2,1-3H3/b25-23-. The molecule has 3 aromatic rings. The molecule has 1 heterocycles. The molecule has 34 heavy (non-hydrogen) atoms. The van der Waals surface area contributed by atoms with Gasteiger partial charge in [0, 0.05) is 36.9 Å². The maximum absolute atomic E-state index is 13.2. The fourth-order valence-electron chi connectivity index (χ4n) is 4.06. The lowest BCUT2D eigenvalue weighted by Gasteiger charge is -2.26. The van der Waals surface area contributed by atoms with Gasteiger partial charge in [-0.05, 0) is 47.5 Å². The maximum atomic E-state index is 13.2. The monoisotopic (exact) mass is 476 g/mol. The van der Waals surface area contributed by atoms with Gasteiger partial charge in [0.1, 0.15) is 11.5 Å². The minimum Gasteiger partial charge on any atom is -0.507 e. The van der Waals surface area contributed by atoms with E-state index in [2.05, 4.69) is 0 Å². The third-order valence-electron chi connectivity index (χ3n) is 5.88. The quantitative estimate of drug-likeness (QED) is 0.307. The number of likely N-dealkylation sites (tertiary alicyclic amines) is 1. The highest BCUT2D eigenvalue weighted by Gasteiger charge is 2.46. The zero-order valence-corrected chi connectivity index (χ0v) is 19.9. The molecule has 1 unspecified atom stereocenters. The van der Waals surface area contributed by atoms with E-state index in [1.54, 1.807) is 43.5 Å². The van der Waals surface area contributed by atoms with Gasteiger partial charge in [-0.3, -0.25) is 9.59 Å². The van der Waals surface area contributed by atoms with Crippen molar-refractivity contribution in [3.05, 3.63) is 100 Å².